The van der Waals surface area contributed by atoms with Crippen LogP contribution in [0.3, 0.4) is 0 Å². The first-order chi connectivity index (χ1) is 26.4. The number of rotatable bonds is 8. The lowest BCUT2D eigenvalue weighted by Crippen LogP contribution is -2.74. The zero-order chi connectivity index (χ0) is 36.8. The Balaban J connectivity index is 1.35. The third-order valence-electron chi connectivity index (χ3n) is 11.0. The number of para-hydroxylation sites is 2. The molecule has 1 aliphatic heterocycles. The van der Waals surface area contributed by atoms with Crippen LogP contribution in [-0.4, -0.2) is 31.3 Å². The summed E-state index contributed by atoms with van der Waals surface area (Å²) in [6.07, 6.45) is 2.91. The third-order valence-corrected chi connectivity index (χ3v) is 15.7. The maximum atomic E-state index is 9.94. The van der Waals surface area contributed by atoms with Crippen LogP contribution in [-0.2, 0) is 6.42 Å². The summed E-state index contributed by atoms with van der Waals surface area (Å²) in [7, 11) is -0.794. The van der Waals surface area contributed by atoms with E-state index < -0.39 is 8.07 Å². The second-order valence-corrected chi connectivity index (χ2v) is 18.6. The highest BCUT2D eigenvalue weighted by Gasteiger charge is 2.42. The van der Waals surface area contributed by atoms with Crippen LogP contribution >= 0.6 is 0 Å². The lowest BCUT2D eigenvalue weighted by atomic mass is 10.0. The molecule has 0 saturated carbocycles. The van der Waals surface area contributed by atoms with Crippen molar-refractivity contribution in [1.82, 2.24) is 9.55 Å². The summed E-state index contributed by atoms with van der Waals surface area (Å²) in [4.78, 5) is 9.72. The molecule has 6 aromatic carbocycles. The first-order valence-corrected chi connectivity index (χ1v) is 20.7. The Morgan fingerprint density at radius 1 is 0.648 bits per heavy atom. The molecule has 2 aromatic heterocycles. The molecular formula is C48H41N5Si. The van der Waals surface area contributed by atoms with E-state index in [0.717, 1.165) is 40.7 Å². The van der Waals surface area contributed by atoms with Crippen molar-refractivity contribution in [2.24, 2.45) is 5.92 Å². The molecule has 0 saturated heterocycles. The van der Waals surface area contributed by atoms with Crippen LogP contribution in [0.2, 0.25) is 0 Å². The smallest absolute Gasteiger partial charge is 0.179 e. The Kier molecular flexibility index (Phi) is 8.37. The molecule has 5 nitrogen and oxygen atoms in total. The fourth-order valence-electron chi connectivity index (χ4n) is 8.64. The molecule has 0 bridgehead atoms. The van der Waals surface area contributed by atoms with Gasteiger partial charge in [0.25, 0.3) is 0 Å². The molecule has 0 aliphatic carbocycles. The normalized spacial score (nSPS) is 12.8. The highest BCUT2D eigenvalue weighted by molar-refractivity contribution is 7.20. The highest BCUT2D eigenvalue weighted by atomic mass is 28.3. The van der Waals surface area contributed by atoms with Crippen LogP contribution < -0.4 is 30.5 Å². The molecule has 0 fully saturated rings. The largest absolute Gasteiger partial charge is 0.355 e. The molecule has 6 heteroatoms. The van der Waals surface area contributed by atoms with Gasteiger partial charge < -0.3 is 9.80 Å². The number of hydrogen-bond donors (Lipinski definition) is 0. The number of nitriles is 1. The van der Waals surface area contributed by atoms with Crippen LogP contribution in [0.25, 0.3) is 27.6 Å². The van der Waals surface area contributed by atoms with Crippen LogP contribution in [0.5, 0.6) is 0 Å². The average molecular weight is 716 g/mol. The number of pyridine rings is 1. The van der Waals surface area contributed by atoms with Crippen molar-refractivity contribution in [3.63, 3.8) is 0 Å². The standard InChI is InChI=1S/C48H41N5Si/c1-34(2)27-35-25-26-50-48(29-35)53-44-24-21-36(32-49)28-43(44)42-23-22-41(31-47(42)53)54(38-14-6-4-7-15-38,39-16-8-5-9-17-39)40-18-12-13-37(30-40)52-33-51(3)45-19-10-11-20-46(45)52/h4-26,28-31,34H,27,33H2,1-3H3. The minimum atomic E-state index is -2.96. The lowest BCUT2D eigenvalue weighted by Gasteiger charge is -2.35. The maximum absolute atomic E-state index is 9.94. The van der Waals surface area contributed by atoms with E-state index in [9.17, 15) is 5.26 Å². The van der Waals surface area contributed by atoms with Gasteiger partial charge >= 0.3 is 0 Å². The molecule has 3 heterocycles. The van der Waals surface area contributed by atoms with Crippen LogP contribution in [0.4, 0.5) is 17.1 Å². The van der Waals surface area contributed by atoms with Gasteiger partial charge in [-0.2, -0.15) is 5.26 Å². The molecule has 0 radical (unpaired) electrons. The van der Waals surface area contributed by atoms with Gasteiger partial charge in [-0.05, 0) is 99.3 Å². The summed E-state index contributed by atoms with van der Waals surface area (Å²) in [6, 6.07) is 60.0. The summed E-state index contributed by atoms with van der Waals surface area (Å²) in [6.45, 7) is 5.29. The van der Waals surface area contributed by atoms with Gasteiger partial charge in [0.1, 0.15) is 5.82 Å². The van der Waals surface area contributed by atoms with E-state index in [4.69, 9.17) is 4.98 Å². The molecular weight excluding hydrogens is 675 g/mol. The van der Waals surface area contributed by atoms with Gasteiger partial charge in [0.05, 0.1) is 40.7 Å². The van der Waals surface area contributed by atoms with Crippen molar-refractivity contribution in [3.05, 3.63) is 175 Å². The summed E-state index contributed by atoms with van der Waals surface area (Å²) in [5.74, 6) is 1.41. The third kappa shape index (κ3) is 5.48. The van der Waals surface area contributed by atoms with E-state index in [2.05, 4.69) is 187 Å². The van der Waals surface area contributed by atoms with Gasteiger partial charge in [0, 0.05) is 29.7 Å². The maximum Gasteiger partial charge on any atom is 0.179 e. The van der Waals surface area contributed by atoms with Gasteiger partial charge in [-0.3, -0.25) is 4.57 Å². The quantitative estimate of drug-likeness (QED) is 0.118. The number of anilines is 3. The van der Waals surface area contributed by atoms with E-state index in [-0.39, 0.29) is 0 Å². The van der Waals surface area contributed by atoms with Crippen molar-refractivity contribution in [2.75, 3.05) is 23.5 Å². The zero-order valence-corrected chi connectivity index (χ0v) is 31.8. The molecule has 1 aliphatic rings. The molecule has 9 rings (SSSR count). The first-order valence-electron chi connectivity index (χ1n) is 18.7. The predicted octanol–water partition coefficient (Wildman–Crippen LogP) is 8.17. The fourth-order valence-corrected chi connectivity index (χ4v) is 13.4. The van der Waals surface area contributed by atoms with E-state index in [0.29, 0.717) is 11.5 Å². The number of benzene rings is 6. The highest BCUT2D eigenvalue weighted by Crippen LogP contribution is 2.39. The van der Waals surface area contributed by atoms with E-state index in [1.165, 1.54) is 43.4 Å². The van der Waals surface area contributed by atoms with E-state index >= 15 is 0 Å². The Bertz CT molecular complexity index is 2650. The minimum absolute atomic E-state index is 0.525. The minimum Gasteiger partial charge on any atom is -0.355 e. The van der Waals surface area contributed by atoms with Crippen LogP contribution in [0.1, 0.15) is 25.0 Å². The second-order valence-electron chi connectivity index (χ2n) is 14.8. The van der Waals surface area contributed by atoms with Gasteiger partial charge in [-0.15, -0.1) is 0 Å². The summed E-state index contributed by atoms with van der Waals surface area (Å²) < 4.78 is 2.31. The topological polar surface area (TPSA) is 48.1 Å². The van der Waals surface area contributed by atoms with Crippen molar-refractivity contribution < 1.29 is 0 Å². The first kappa shape index (κ1) is 33.4. The molecule has 0 spiro atoms. The number of hydrogen-bond acceptors (Lipinski definition) is 4. The molecule has 0 unspecified atom stereocenters. The van der Waals surface area contributed by atoms with Gasteiger partial charge in [-0.1, -0.05) is 111 Å². The fraction of sp³-hybridized carbons (Fsp3) is 0.125. The SMILES string of the molecule is CC(C)Cc1ccnc(-n2c3ccc(C#N)cc3c3ccc([Si](c4ccccc4)(c4ccccc4)c4cccc(N5CN(C)c6ccccc65)c4)cc32)c1. The number of nitrogens with zero attached hydrogens (tertiary/aromatic N) is 5. The summed E-state index contributed by atoms with van der Waals surface area (Å²) in [5, 5.41) is 17.3. The van der Waals surface area contributed by atoms with E-state index in [1.807, 2.05) is 18.3 Å². The zero-order valence-electron chi connectivity index (χ0n) is 30.8. The molecule has 0 atom stereocenters. The van der Waals surface area contributed by atoms with Crippen molar-refractivity contribution in [2.45, 2.75) is 20.3 Å². The Morgan fingerprint density at radius 3 is 2.06 bits per heavy atom. The lowest BCUT2D eigenvalue weighted by molar-refractivity contribution is 0.646. The van der Waals surface area contributed by atoms with E-state index in [1.54, 1.807) is 0 Å². The van der Waals surface area contributed by atoms with Gasteiger partial charge in [0.2, 0.25) is 0 Å². The molecule has 262 valence electrons. The molecule has 8 aromatic rings. The second kappa shape index (κ2) is 13.5. The summed E-state index contributed by atoms with van der Waals surface area (Å²) >= 11 is 0. The predicted molar refractivity (Wildman–Crippen MR) is 227 cm³/mol. The molecule has 54 heavy (non-hydrogen) atoms. The average Bonchev–Trinajstić information content (AvgIpc) is 3.73. The summed E-state index contributed by atoms with van der Waals surface area (Å²) in [5.41, 5.74) is 7.68. The van der Waals surface area contributed by atoms with Crippen LogP contribution in [0.15, 0.2) is 164 Å². The molecule has 0 N–H and O–H groups in total. The Labute approximate surface area is 318 Å². The van der Waals surface area contributed by atoms with Gasteiger partial charge in [0.15, 0.2) is 8.07 Å². The Hall–Kier alpha value is -6.42. The Morgan fingerprint density at radius 2 is 1.33 bits per heavy atom. The number of aromatic nitrogens is 2. The molecule has 0 amide bonds. The number of fused-ring (bicyclic) bond motifs is 4. The van der Waals surface area contributed by atoms with Crippen molar-refractivity contribution in [1.29, 1.82) is 5.26 Å². The van der Waals surface area contributed by atoms with Crippen LogP contribution in [0, 0.1) is 17.2 Å². The van der Waals surface area contributed by atoms with Crippen molar-refractivity contribution in [3.8, 4) is 11.9 Å². The van der Waals surface area contributed by atoms with Crippen molar-refractivity contribution >= 4 is 67.7 Å². The van der Waals surface area contributed by atoms with Gasteiger partial charge in [-0.25, -0.2) is 4.98 Å². The monoisotopic (exact) mass is 715 g/mol.